The average Bonchev–Trinajstić information content (AvgIpc) is 0.797. The number of phenols is 5. The van der Waals surface area contributed by atoms with Crippen molar-refractivity contribution in [2.24, 2.45) is 5.41 Å². The maximum Gasteiger partial charge on any atom is 0.306 e. The van der Waals surface area contributed by atoms with E-state index in [1.54, 1.807) is 0 Å². The molecule has 0 aliphatic rings. The van der Waals surface area contributed by atoms with Crippen LogP contribution >= 0.6 is 0 Å². The number of carbonyl (C=O) groups is 5. The van der Waals surface area contributed by atoms with Gasteiger partial charge in [0.2, 0.25) is 0 Å². The first-order valence-electron chi connectivity index (χ1n) is 46.5. The number of hydrogen-bond donors (Lipinski definition) is 5. The van der Waals surface area contributed by atoms with Crippen LogP contribution < -0.4 is 0 Å². The van der Waals surface area contributed by atoms with Gasteiger partial charge in [-0.3, -0.25) is 24.0 Å². The van der Waals surface area contributed by atoms with E-state index in [0.29, 0.717) is 25.2 Å². The highest BCUT2D eigenvalue weighted by Crippen LogP contribution is 2.46. The normalized spacial score (nSPS) is 12.9. The summed E-state index contributed by atoms with van der Waals surface area (Å²) in [5.41, 5.74) is 7.29. The van der Waals surface area contributed by atoms with Crippen molar-refractivity contribution in [3.8, 4) is 28.7 Å². The summed E-state index contributed by atoms with van der Waals surface area (Å²) >= 11 is 0. The molecule has 123 heavy (non-hydrogen) atoms. The van der Waals surface area contributed by atoms with E-state index in [2.05, 4.69) is 60.6 Å². The maximum atomic E-state index is 14.1. The summed E-state index contributed by atoms with van der Waals surface area (Å²) in [7, 11) is 0. The predicted molar refractivity (Wildman–Crippen MR) is 506 cm³/mol. The fourth-order valence-electron chi connectivity index (χ4n) is 15.5. The highest BCUT2D eigenvalue weighted by molar-refractivity contribution is 5.73. The van der Waals surface area contributed by atoms with Crippen molar-refractivity contribution in [1.29, 1.82) is 0 Å². The minimum absolute atomic E-state index is 0.0629. The van der Waals surface area contributed by atoms with E-state index in [-0.39, 0.29) is 91.2 Å². The lowest BCUT2D eigenvalue weighted by Gasteiger charge is -2.32. The van der Waals surface area contributed by atoms with Crippen molar-refractivity contribution in [1.82, 2.24) is 0 Å². The minimum Gasteiger partial charge on any atom is -0.507 e. The third kappa shape index (κ3) is 36.0. The summed E-state index contributed by atoms with van der Waals surface area (Å²) in [6.07, 6.45) is 23.4. The Morgan fingerprint density at radius 2 is 0.358 bits per heavy atom. The Kier molecular flexibility index (Phi) is 40.1. The second kappa shape index (κ2) is 45.7. The SMILES string of the molecule is CC(C)(C)c1cc(CCC(=O)OCC(COC(=O)CCc2cc(C(C)(C)C)c(O)c(C(C)(C)C)c2)(COC(=O)CCc2cc(C(C)(C)C)c(O)c(C(C)(C)C)c2)COC(=O)CCc2cc(C(C)(C)C)c(O)c(C(C)(C)C)c2)cc(C(C)(C)C)c1O.CCCCCCCCCCCCCCCCCCOC(=O)CCc1cc(C(C)(C)C)c(O)c(C(C)(C)C)c1. The van der Waals surface area contributed by atoms with E-state index in [1.165, 1.54) is 89.9 Å². The Labute approximate surface area is 745 Å². The first-order valence-corrected chi connectivity index (χ1v) is 46.5. The van der Waals surface area contributed by atoms with Crippen molar-refractivity contribution in [3.05, 3.63) is 144 Å². The molecular formula is C108H170O15. The summed E-state index contributed by atoms with van der Waals surface area (Å²) < 4.78 is 29.9. The smallest absolute Gasteiger partial charge is 0.306 e. The second-order valence-electron chi connectivity index (χ2n) is 45.9. The second-order valence-corrected chi connectivity index (χ2v) is 45.9. The molecule has 0 aromatic heterocycles. The van der Waals surface area contributed by atoms with Crippen LogP contribution in [0.3, 0.4) is 0 Å². The molecule has 0 fully saturated rings. The minimum atomic E-state index is -1.58. The number of rotatable bonds is 40. The number of phenolic OH excluding ortho intramolecular Hbond substituents is 5. The molecule has 0 saturated heterocycles. The standard InChI is InChI=1S/C73H108O12.C35H62O3/c1-65(2,3)49-33-45(34-50(61(49)78)66(4,5)6)25-29-57(74)82-41-73(42-83-58(75)30-26-46-35-51(67(7,8)9)62(79)52(36-46)68(10,11)12,43-84-59(76)31-27-47-37-53(69(13,14)15)63(80)54(38-47)70(16,17)18)44-85-60(77)32-28-48-39-55(71(19,20)21)64(81)56(40-48)72(22,23)24;1-8-9-10-11-12-13-14-15-16-17-18-19-20-21-22-23-26-38-32(36)25-24-29-27-30(34(2,3)4)33(37)31(28-29)35(5,6)7/h33-40,78-81H,25-32,41-44H2,1-24H3;27-28,37H,8-26H2,1-7H3. The topological polar surface area (TPSA) is 233 Å². The van der Waals surface area contributed by atoms with Crippen LogP contribution in [0.15, 0.2) is 60.7 Å². The Balaban J connectivity index is 0.000000696. The van der Waals surface area contributed by atoms with Crippen LogP contribution in [-0.4, -0.2) is 88.4 Å². The molecule has 0 atom stereocenters. The first-order chi connectivity index (χ1) is 56.4. The van der Waals surface area contributed by atoms with Gasteiger partial charge in [0.15, 0.2) is 0 Å². The monoisotopic (exact) mass is 1710 g/mol. The predicted octanol–water partition coefficient (Wildman–Crippen LogP) is 26.6. The number of ether oxygens (including phenoxy) is 5. The van der Waals surface area contributed by atoms with Crippen molar-refractivity contribution in [2.45, 2.75) is 436 Å². The average molecular weight is 1710 g/mol. The zero-order valence-electron chi connectivity index (χ0n) is 83.0. The van der Waals surface area contributed by atoms with Crippen molar-refractivity contribution < 1.29 is 73.2 Å². The third-order valence-electron chi connectivity index (χ3n) is 23.4. The molecule has 0 aliphatic carbocycles. The lowest BCUT2D eigenvalue weighted by atomic mass is 9.78. The quantitative estimate of drug-likeness (QED) is 0.0139. The van der Waals surface area contributed by atoms with Crippen molar-refractivity contribution in [3.63, 3.8) is 0 Å². The van der Waals surface area contributed by atoms with E-state index in [1.807, 2.05) is 215 Å². The molecule has 15 heteroatoms. The zero-order valence-corrected chi connectivity index (χ0v) is 83.0. The molecule has 5 aromatic rings. The van der Waals surface area contributed by atoms with Crippen LogP contribution in [0.5, 0.6) is 28.7 Å². The molecule has 0 unspecified atom stereocenters. The van der Waals surface area contributed by atoms with Crippen LogP contribution in [-0.2, 0) is 134 Å². The van der Waals surface area contributed by atoms with Gasteiger partial charge in [-0.05, 0) is 176 Å². The van der Waals surface area contributed by atoms with Gasteiger partial charge in [0.25, 0.3) is 0 Å². The number of aromatic hydroxyl groups is 5. The zero-order chi connectivity index (χ0) is 93.5. The lowest BCUT2D eigenvalue weighted by Crippen LogP contribution is -2.44. The van der Waals surface area contributed by atoms with Gasteiger partial charge in [-0.1, -0.05) is 372 Å². The van der Waals surface area contributed by atoms with Gasteiger partial charge in [-0.25, -0.2) is 0 Å². The third-order valence-corrected chi connectivity index (χ3v) is 23.4. The van der Waals surface area contributed by atoms with Crippen LogP contribution in [0.2, 0.25) is 0 Å². The molecular weight excluding hydrogens is 1540 g/mol. The largest absolute Gasteiger partial charge is 0.507 e. The van der Waals surface area contributed by atoms with Gasteiger partial charge in [0, 0.05) is 32.1 Å². The number of esters is 5. The molecule has 0 spiro atoms. The van der Waals surface area contributed by atoms with Crippen LogP contribution in [0.25, 0.3) is 0 Å². The summed E-state index contributed by atoms with van der Waals surface area (Å²) in [4.78, 5) is 68.7. The van der Waals surface area contributed by atoms with Crippen molar-refractivity contribution >= 4 is 29.8 Å². The van der Waals surface area contributed by atoms with Gasteiger partial charge in [0.05, 0.1) is 6.61 Å². The highest BCUT2D eigenvalue weighted by Gasteiger charge is 2.40. The van der Waals surface area contributed by atoms with Crippen molar-refractivity contribution in [2.75, 3.05) is 33.0 Å². The molecule has 5 rings (SSSR count). The number of carbonyl (C=O) groups excluding carboxylic acids is 5. The number of benzene rings is 5. The number of unbranched alkanes of at least 4 members (excludes halogenated alkanes) is 15. The van der Waals surface area contributed by atoms with E-state index < -0.39 is 99.0 Å². The number of hydrogen-bond acceptors (Lipinski definition) is 15. The van der Waals surface area contributed by atoms with E-state index >= 15 is 0 Å². The molecule has 0 aliphatic heterocycles. The molecule has 0 heterocycles. The summed E-state index contributed by atoms with van der Waals surface area (Å²) in [5.74, 6) is -1.22. The van der Waals surface area contributed by atoms with Crippen LogP contribution in [0.1, 0.15) is 433 Å². The van der Waals surface area contributed by atoms with E-state index in [4.69, 9.17) is 23.7 Å². The molecule has 15 nitrogen and oxygen atoms in total. The molecule has 0 bridgehead atoms. The van der Waals surface area contributed by atoms with Gasteiger partial charge in [-0.2, -0.15) is 0 Å². The molecule has 0 saturated carbocycles. The Bertz CT molecular complexity index is 3640. The highest BCUT2D eigenvalue weighted by atomic mass is 16.6. The van der Waals surface area contributed by atoms with Gasteiger partial charge < -0.3 is 49.2 Å². The summed E-state index contributed by atoms with van der Waals surface area (Å²) in [6.45, 7) is 62.2. The first kappa shape index (κ1) is 108. The van der Waals surface area contributed by atoms with Crippen LogP contribution in [0.4, 0.5) is 0 Å². The van der Waals surface area contributed by atoms with E-state index in [9.17, 15) is 49.5 Å². The fraction of sp³-hybridized carbons (Fsp3) is 0.676. The fourth-order valence-corrected chi connectivity index (χ4v) is 15.5. The maximum absolute atomic E-state index is 14.1. The Hall–Kier alpha value is -7.55. The summed E-state index contributed by atoms with van der Waals surface area (Å²) in [6, 6.07) is 19.5. The summed E-state index contributed by atoms with van der Waals surface area (Å²) in [5, 5.41) is 56.6. The Morgan fingerprint density at radius 1 is 0.220 bits per heavy atom. The van der Waals surface area contributed by atoms with Crippen LogP contribution in [0, 0.1) is 5.41 Å². The molecule has 5 aromatic carbocycles. The number of aryl methyl sites for hydroxylation is 5. The lowest BCUT2D eigenvalue weighted by molar-refractivity contribution is -0.170. The van der Waals surface area contributed by atoms with Gasteiger partial charge in [-0.15, -0.1) is 0 Å². The molecule has 0 amide bonds. The Morgan fingerprint density at radius 3 is 0.504 bits per heavy atom. The molecule has 5 N–H and O–H groups in total. The van der Waals surface area contributed by atoms with Gasteiger partial charge in [0.1, 0.15) is 60.6 Å². The van der Waals surface area contributed by atoms with E-state index in [0.717, 1.165) is 96.3 Å². The molecule has 692 valence electrons. The van der Waals surface area contributed by atoms with Gasteiger partial charge >= 0.3 is 29.8 Å². The molecule has 0 radical (unpaired) electrons.